The van der Waals surface area contributed by atoms with Crippen LogP contribution in [0.25, 0.3) is 0 Å². The molecule has 0 bridgehead atoms. The van der Waals surface area contributed by atoms with Gasteiger partial charge in [0.1, 0.15) is 12.7 Å². The van der Waals surface area contributed by atoms with Gasteiger partial charge in [0.15, 0.2) is 24.6 Å². The number of carbonyl (C=O) groups excluding carboxylic acids is 4. The largest absolute Gasteiger partial charge is 0.463 e. The molecule has 290 valence electrons. The minimum atomic E-state index is -1.22. The Hall–Kier alpha value is -2.20. The molecule has 0 spiro atoms. The van der Waals surface area contributed by atoms with Crippen LogP contribution in [0.2, 0.25) is 0 Å². The molecule has 5 rings (SSSR count). The summed E-state index contributed by atoms with van der Waals surface area (Å²) in [5.74, 6) is 2.78. The molecular weight excluding hydrogens is 652 g/mol. The first kappa shape index (κ1) is 40.0. The summed E-state index contributed by atoms with van der Waals surface area (Å²) < 4.78 is 35.1. The summed E-state index contributed by atoms with van der Waals surface area (Å²) in [6.07, 6.45) is 8.77. The summed E-state index contributed by atoms with van der Waals surface area (Å²) >= 11 is 0. The normalized spacial score (nSPS) is 41.0. The van der Waals surface area contributed by atoms with Crippen molar-refractivity contribution in [1.82, 2.24) is 0 Å². The van der Waals surface area contributed by atoms with Crippen molar-refractivity contribution in [2.75, 3.05) is 6.61 Å². The van der Waals surface area contributed by atoms with E-state index in [0.29, 0.717) is 11.3 Å². The highest BCUT2D eigenvalue weighted by Gasteiger charge is 2.61. The Kier molecular flexibility index (Phi) is 12.9. The fraction of sp³-hybridized carbons (Fsp3) is 0.902. The van der Waals surface area contributed by atoms with Crippen molar-refractivity contribution in [2.45, 2.75) is 176 Å². The van der Waals surface area contributed by atoms with Crippen LogP contribution in [0.4, 0.5) is 0 Å². The second-order valence-electron chi connectivity index (χ2n) is 17.8. The lowest BCUT2D eigenvalue weighted by atomic mass is 9.44. The van der Waals surface area contributed by atoms with E-state index >= 15 is 0 Å². The minimum absolute atomic E-state index is 0.170. The van der Waals surface area contributed by atoms with Gasteiger partial charge in [-0.3, -0.25) is 19.2 Å². The zero-order valence-electron chi connectivity index (χ0n) is 32.8. The van der Waals surface area contributed by atoms with Gasteiger partial charge in [-0.15, -0.1) is 0 Å². The molecule has 0 amide bonds. The molecular formula is C41H66O10. The Bertz CT molecular complexity index is 1250. The van der Waals surface area contributed by atoms with Crippen LogP contribution in [0.3, 0.4) is 0 Å². The van der Waals surface area contributed by atoms with E-state index in [0.717, 1.165) is 54.8 Å². The Labute approximate surface area is 306 Å². The smallest absolute Gasteiger partial charge is 0.303 e. The van der Waals surface area contributed by atoms with E-state index in [9.17, 15) is 19.2 Å². The summed E-state index contributed by atoms with van der Waals surface area (Å²) in [4.78, 5) is 48.5. The fourth-order valence-corrected chi connectivity index (χ4v) is 11.9. The second kappa shape index (κ2) is 16.4. The highest BCUT2D eigenvalue weighted by molar-refractivity contribution is 5.68. The highest BCUT2D eigenvalue weighted by Crippen LogP contribution is 2.68. The lowest BCUT2D eigenvalue weighted by molar-refractivity contribution is -0.321. The Morgan fingerprint density at radius 3 is 1.98 bits per heavy atom. The van der Waals surface area contributed by atoms with Crippen LogP contribution in [-0.4, -0.2) is 67.3 Å². The molecule has 4 saturated carbocycles. The monoisotopic (exact) mass is 718 g/mol. The number of ether oxygens (including phenoxy) is 6. The molecule has 5 fully saturated rings. The molecule has 1 saturated heterocycles. The molecule has 0 radical (unpaired) electrons. The quantitative estimate of drug-likeness (QED) is 0.113. The van der Waals surface area contributed by atoms with Gasteiger partial charge in [0.25, 0.3) is 0 Å². The first-order chi connectivity index (χ1) is 24.0. The zero-order valence-corrected chi connectivity index (χ0v) is 32.8. The number of hydrogen-bond donors (Lipinski definition) is 0. The van der Waals surface area contributed by atoms with Crippen LogP contribution in [0, 0.1) is 52.3 Å². The minimum Gasteiger partial charge on any atom is -0.463 e. The second-order valence-corrected chi connectivity index (χ2v) is 17.8. The van der Waals surface area contributed by atoms with Gasteiger partial charge in [0.2, 0.25) is 0 Å². The third-order valence-corrected chi connectivity index (χ3v) is 14.1. The maximum absolute atomic E-state index is 12.3. The van der Waals surface area contributed by atoms with Gasteiger partial charge in [0.05, 0.1) is 6.10 Å². The number of hydrogen-bond acceptors (Lipinski definition) is 10. The van der Waals surface area contributed by atoms with Crippen molar-refractivity contribution in [3.63, 3.8) is 0 Å². The van der Waals surface area contributed by atoms with Crippen LogP contribution in [-0.2, 0) is 47.6 Å². The summed E-state index contributed by atoms with van der Waals surface area (Å²) in [6.45, 7) is 17.1. The Morgan fingerprint density at radius 2 is 1.33 bits per heavy atom. The molecule has 0 aromatic rings. The summed E-state index contributed by atoms with van der Waals surface area (Å²) in [7, 11) is 0. The van der Waals surface area contributed by atoms with Crippen molar-refractivity contribution in [1.29, 1.82) is 0 Å². The molecule has 0 aromatic heterocycles. The lowest BCUT2D eigenvalue weighted by Crippen LogP contribution is -2.63. The van der Waals surface area contributed by atoms with Crippen molar-refractivity contribution in [2.24, 2.45) is 52.3 Å². The van der Waals surface area contributed by atoms with Crippen LogP contribution in [0.5, 0.6) is 0 Å². The SMILES string of the molecule is CC(=O)OC[C@H]1O[C@H](OC2CC[C@@]3(C)C(CC[C@H]4[C@@H]5CC[C@H]([C@H](C)CCCC(C)C)[C@@]5(C)CC[C@@H]43)C2)[C@H](OC(C)=O)[C@@H](OC(C)=O)[C@@H]1OC(C)=O. The molecule has 0 aromatic carbocycles. The number of esters is 4. The van der Waals surface area contributed by atoms with Crippen LogP contribution in [0.1, 0.15) is 139 Å². The van der Waals surface area contributed by atoms with Gasteiger partial charge in [-0.25, -0.2) is 0 Å². The molecule has 51 heavy (non-hydrogen) atoms. The average Bonchev–Trinajstić information content (AvgIpc) is 3.39. The van der Waals surface area contributed by atoms with E-state index in [2.05, 4.69) is 34.6 Å². The van der Waals surface area contributed by atoms with Gasteiger partial charge in [-0.05, 0) is 110 Å². The van der Waals surface area contributed by atoms with E-state index in [1.165, 1.54) is 85.5 Å². The van der Waals surface area contributed by atoms with E-state index in [1.807, 2.05) is 0 Å². The standard InChI is InChI=1S/C41H66O10/c1-23(2)11-10-12-24(3)32-15-16-33-31-14-13-29-21-30(17-19-40(29,8)34(31)18-20-41(32,33)9)50-39-38(49-28(7)45)37(48-27(6)44)36(47-26(5)43)35(51-39)22-46-25(4)42/h23-24,29-39H,10-22H2,1-9H3/t24-,29?,30?,31+,32-,33+,34+,35-,36-,37+,38-,39+,40+,41-/m1/s1. The van der Waals surface area contributed by atoms with Gasteiger partial charge in [-0.1, -0.05) is 53.9 Å². The lowest BCUT2D eigenvalue weighted by Gasteiger charge is -2.61. The molecule has 4 aliphatic carbocycles. The van der Waals surface area contributed by atoms with E-state index < -0.39 is 54.6 Å². The van der Waals surface area contributed by atoms with Crippen molar-refractivity contribution in [3.05, 3.63) is 0 Å². The first-order valence-corrected chi connectivity index (χ1v) is 20.0. The number of rotatable bonds is 12. The van der Waals surface area contributed by atoms with Crippen molar-refractivity contribution in [3.8, 4) is 0 Å². The van der Waals surface area contributed by atoms with Gasteiger partial charge < -0.3 is 28.4 Å². The maximum Gasteiger partial charge on any atom is 0.303 e. The third-order valence-electron chi connectivity index (χ3n) is 14.1. The number of fused-ring (bicyclic) bond motifs is 5. The molecule has 1 heterocycles. The predicted octanol–water partition coefficient (Wildman–Crippen LogP) is 7.58. The fourth-order valence-electron chi connectivity index (χ4n) is 11.9. The molecule has 2 unspecified atom stereocenters. The van der Waals surface area contributed by atoms with Crippen molar-refractivity contribution >= 4 is 23.9 Å². The third kappa shape index (κ3) is 8.79. The molecule has 14 atom stereocenters. The van der Waals surface area contributed by atoms with Gasteiger partial charge in [-0.2, -0.15) is 0 Å². The van der Waals surface area contributed by atoms with E-state index in [-0.39, 0.29) is 18.1 Å². The van der Waals surface area contributed by atoms with Crippen molar-refractivity contribution < 1.29 is 47.6 Å². The summed E-state index contributed by atoms with van der Waals surface area (Å²) in [5, 5.41) is 0. The van der Waals surface area contributed by atoms with Crippen LogP contribution in [0.15, 0.2) is 0 Å². The zero-order chi connectivity index (χ0) is 37.2. The van der Waals surface area contributed by atoms with E-state index in [1.54, 1.807) is 0 Å². The maximum atomic E-state index is 12.3. The predicted molar refractivity (Wildman–Crippen MR) is 190 cm³/mol. The Balaban J connectivity index is 1.29. The molecule has 1 aliphatic heterocycles. The van der Waals surface area contributed by atoms with Crippen LogP contribution < -0.4 is 0 Å². The highest BCUT2D eigenvalue weighted by atomic mass is 16.7. The van der Waals surface area contributed by atoms with E-state index in [4.69, 9.17) is 28.4 Å². The topological polar surface area (TPSA) is 124 Å². The molecule has 10 heteroatoms. The molecule has 5 aliphatic rings. The summed E-state index contributed by atoms with van der Waals surface area (Å²) in [6, 6.07) is 0. The Morgan fingerprint density at radius 1 is 0.706 bits per heavy atom. The molecule has 0 N–H and O–H groups in total. The van der Waals surface area contributed by atoms with Gasteiger partial charge >= 0.3 is 23.9 Å². The number of carbonyl (C=O) groups is 4. The molecule has 10 nitrogen and oxygen atoms in total. The average molecular weight is 719 g/mol. The van der Waals surface area contributed by atoms with Crippen LogP contribution >= 0.6 is 0 Å². The first-order valence-electron chi connectivity index (χ1n) is 20.0. The summed E-state index contributed by atoms with van der Waals surface area (Å²) in [5.41, 5.74) is 0.698. The van der Waals surface area contributed by atoms with Gasteiger partial charge in [0, 0.05) is 27.7 Å².